The summed E-state index contributed by atoms with van der Waals surface area (Å²) in [7, 11) is -1.91. The lowest BCUT2D eigenvalue weighted by molar-refractivity contribution is -0.197. The Morgan fingerprint density at radius 3 is 2.53 bits per heavy atom. The van der Waals surface area contributed by atoms with Crippen molar-refractivity contribution in [1.82, 2.24) is 0 Å². The van der Waals surface area contributed by atoms with Crippen LogP contribution in [0.1, 0.15) is 86.0 Å². The summed E-state index contributed by atoms with van der Waals surface area (Å²) in [5.74, 6) is 0.100. The van der Waals surface area contributed by atoms with Gasteiger partial charge >= 0.3 is 5.97 Å². The smallest absolute Gasteiger partial charge is 0.306 e. The zero-order chi connectivity index (χ0) is 25.4. The first-order valence-electron chi connectivity index (χ1n) is 13.3. The summed E-state index contributed by atoms with van der Waals surface area (Å²) >= 11 is 0. The molecule has 1 saturated carbocycles. The monoisotopic (exact) mass is 498 g/mol. The first-order chi connectivity index (χ1) is 15.9. The van der Waals surface area contributed by atoms with Crippen LogP contribution < -0.4 is 0 Å². The maximum Gasteiger partial charge on any atom is 0.306 e. The lowest BCUT2D eigenvalue weighted by Gasteiger charge is -2.38. The van der Waals surface area contributed by atoms with E-state index >= 15 is 0 Å². The summed E-state index contributed by atoms with van der Waals surface area (Å²) in [4.78, 5) is 11.7. The Bertz CT molecular complexity index is 636. The number of unbranched alkanes of at least 4 members (excludes halogenated alkanes) is 1. The molecule has 0 aromatic rings. The topological polar surface area (TPSA) is 74.2 Å². The molecule has 0 aromatic carbocycles. The van der Waals surface area contributed by atoms with Gasteiger partial charge in [0.15, 0.2) is 14.6 Å². The highest BCUT2D eigenvalue weighted by Gasteiger charge is 2.46. The number of carbonyl (C=O) groups excluding carboxylic acids is 1. The Morgan fingerprint density at radius 2 is 1.91 bits per heavy atom. The van der Waals surface area contributed by atoms with Crippen LogP contribution in [-0.2, 0) is 23.4 Å². The highest BCUT2D eigenvalue weighted by molar-refractivity contribution is 6.74. The highest BCUT2D eigenvalue weighted by Crippen LogP contribution is 2.42. The van der Waals surface area contributed by atoms with Gasteiger partial charge in [-0.3, -0.25) is 4.79 Å². The summed E-state index contributed by atoms with van der Waals surface area (Å²) in [6.07, 6.45) is 10.2. The minimum atomic E-state index is -1.91. The van der Waals surface area contributed by atoms with E-state index in [9.17, 15) is 9.90 Å². The van der Waals surface area contributed by atoms with Crippen molar-refractivity contribution < 1.29 is 28.5 Å². The van der Waals surface area contributed by atoms with Crippen molar-refractivity contribution in [3.8, 4) is 0 Å². The van der Waals surface area contributed by atoms with Crippen molar-refractivity contribution in [3.63, 3.8) is 0 Å². The van der Waals surface area contributed by atoms with Gasteiger partial charge in [0.1, 0.15) is 0 Å². The second kappa shape index (κ2) is 13.5. The summed E-state index contributed by atoms with van der Waals surface area (Å²) in [5, 5.41) is 11.1. The van der Waals surface area contributed by atoms with E-state index in [1.165, 1.54) is 0 Å². The van der Waals surface area contributed by atoms with Crippen LogP contribution in [0.4, 0.5) is 0 Å². The summed E-state index contributed by atoms with van der Waals surface area (Å²) in [6.45, 7) is 16.4. The van der Waals surface area contributed by atoms with Crippen molar-refractivity contribution in [2.75, 3.05) is 13.2 Å². The Morgan fingerprint density at radius 1 is 1.18 bits per heavy atom. The van der Waals surface area contributed by atoms with E-state index in [1.807, 2.05) is 13.8 Å². The lowest BCUT2D eigenvalue weighted by Crippen LogP contribution is -2.44. The maximum absolute atomic E-state index is 11.7. The van der Waals surface area contributed by atoms with Crippen molar-refractivity contribution in [2.45, 2.75) is 129 Å². The van der Waals surface area contributed by atoms with E-state index in [1.54, 1.807) is 0 Å². The minimum Gasteiger partial charge on any atom is -0.463 e. The van der Waals surface area contributed by atoms with E-state index in [2.05, 4.69) is 46.0 Å². The Balaban J connectivity index is 1.95. The molecule has 1 unspecified atom stereocenters. The Labute approximate surface area is 208 Å². The highest BCUT2D eigenvalue weighted by atomic mass is 28.4. The van der Waals surface area contributed by atoms with Gasteiger partial charge < -0.3 is 23.7 Å². The number of rotatable bonds is 12. The molecule has 0 bridgehead atoms. The van der Waals surface area contributed by atoms with E-state index in [0.717, 1.165) is 45.1 Å². The van der Waals surface area contributed by atoms with Crippen LogP contribution in [0.2, 0.25) is 18.1 Å². The third-order valence-corrected chi connectivity index (χ3v) is 12.1. The van der Waals surface area contributed by atoms with Gasteiger partial charge in [0, 0.05) is 32.0 Å². The van der Waals surface area contributed by atoms with Crippen molar-refractivity contribution in [3.05, 3.63) is 12.2 Å². The summed E-state index contributed by atoms with van der Waals surface area (Å²) in [6, 6.07) is 0. The quantitative estimate of drug-likeness (QED) is 0.154. The van der Waals surface area contributed by atoms with Gasteiger partial charge in [-0.25, -0.2) is 0 Å². The third kappa shape index (κ3) is 9.38. The summed E-state index contributed by atoms with van der Waals surface area (Å²) < 4.78 is 24.0. The molecule has 2 fully saturated rings. The molecule has 6 nitrogen and oxygen atoms in total. The SMILES string of the molecule is CC(C)OC(=O)CCCC=CC[C@@H]1[C@H](CO[Si](C)(C)C(C)(C)C)[C@H](OC2CCCCO2)C[C@@H]1O. The summed E-state index contributed by atoms with van der Waals surface area (Å²) in [5.41, 5.74) is 0. The number of aliphatic hydroxyl groups excluding tert-OH is 1. The van der Waals surface area contributed by atoms with Crippen molar-refractivity contribution in [1.29, 1.82) is 0 Å². The molecule has 34 heavy (non-hydrogen) atoms. The van der Waals surface area contributed by atoms with Gasteiger partial charge in [-0.2, -0.15) is 0 Å². The van der Waals surface area contributed by atoms with Crippen LogP contribution >= 0.6 is 0 Å². The average molecular weight is 499 g/mol. The molecule has 1 aliphatic carbocycles. The van der Waals surface area contributed by atoms with Crippen LogP contribution in [0.3, 0.4) is 0 Å². The third-order valence-electron chi connectivity index (χ3n) is 7.60. The van der Waals surface area contributed by atoms with Gasteiger partial charge in [-0.1, -0.05) is 32.9 Å². The predicted octanol–water partition coefficient (Wildman–Crippen LogP) is 5.99. The number of aliphatic hydroxyl groups is 1. The van der Waals surface area contributed by atoms with E-state index in [4.69, 9.17) is 18.6 Å². The molecule has 0 spiro atoms. The standard InChI is InChI=1S/C27H50O6Si/c1-20(2)32-25(29)15-11-9-8-10-14-21-22(19-31-34(6,7)27(3,4)5)24(18-23(21)28)33-26-16-12-13-17-30-26/h8,10,20-24,26,28H,9,11-19H2,1-7H3/t21-,22+,23+,24-,26?/m1/s1. The number of carbonyl (C=O) groups is 1. The van der Waals surface area contributed by atoms with Gasteiger partial charge in [0.05, 0.1) is 18.3 Å². The van der Waals surface area contributed by atoms with Gasteiger partial charge in [-0.15, -0.1) is 0 Å². The molecule has 0 amide bonds. The second-order valence-corrected chi connectivity index (χ2v) is 16.6. The van der Waals surface area contributed by atoms with Crippen LogP contribution in [0, 0.1) is 11.8 Å². The lowest BCUT2D eigenvalue weighted by atomic mass is 9.91. The molecule has 198 valence electrons. The Hall–Kier alpha value is -0.733. The van der Waals surface area contributed by atoms with E-state index in [0.29, 0.717) is 19.4 Å². The van der Waals surface area contributed by atoms with E-state index in [-0.39, 0.29) is 41.3 Å². The zero-order valence-corrected chi connectivity index (χ0v) is 23.7. The minimum absolute atomic E-state index is 0.0490. The van der Waals surface area contributed by atoms with Crippen LogP contribution in [0.5, 0.6) is 0 Å². The zero-order valence-electron chi connectivity index (χ0n) is 22.7. The number of hydrogen-bond donors (Lipinski definition) is 1. The molecule has 2 rings (SSSR count). The number of hydrogen-bond acceptors (Lipinski definition) is 6. The van der Waals surface area contributed by atoms with E-state index < -0.39 is 14.4 Å². The molecule has 5 atom stereocenters. The van der Waals surface area contributed by atoms with Gasteiger partial charge in [-0.05, 0) is 76.4 Å². The first-order valence-corrected chi connectivity index (χ1v) is 16.2. The second-order valence-electron chi connectivity index (χ2n) is 11.8. The molecule has 7 heteroatoms. The molecular formula is C27H50O6Si. The van der Waals surface area contributed by atoms with Gasteiger partial charge in [0.2, 0.25) is 0 Å². The van der Waals surface area contributed by atoms with Gasteiger partial charge in [0.25, 0.3) is 0 Å². The van der Waals surface area contributed by atoms with Crippen molar-refractivity contribution in [2.24, 2.45) is 11.8 Å². The van der Waals surface area contributed by atoms with Crippen LogP contribution in [0.25, 0.3) is 0 Å². The molecule has 1 heterocycles. The fraction of sp³-hybridized carbons (Fsp3) is 0.889. The molecule has 0 aromatic heterocycles. The largest absolute Gasteiger partial charge is 0.463 e. The first kappa shape index (κ1) is 29.5. The molecule has 1 N–H and O–H groups in total. The average Bonchev–Trinajstić information content (AvgIpc) is 3.02. The fourth-order valence-corrected chi connectivity index (χ4v) is 5.50. The molecule has 1 saturated heterocycles. The normalized spacial score (nSPS) is 28.7. The predicted molar refractivity (Wildman–Crippen MR) is 138 cm³/mol. The molecular weight excluding hydrogens is 448 g/mol. The number of ether oxygens (including phenoxy) is 3. The van der Waals surface area contributed by atoms with Crippen LogP contribution in [-0.4, -0.2) is 57.2 Å². The molecule has 1 aliphatic heterocycles. The van der Waals surface area contributed by atoms with Crippen molar-refractivity contribution >= 4 is 14.3 Å². The fourth-order valence-electron chi connectivity index (χ4n) is 4.46. The molecule has 0 radical (unpaired) electrons. The number of allylic oxidation sites excluding steroid dienone is 2. The maximum atomic E-state index is 11.7. The Kier molecular flexibility index (Phi) is 11.7. The molecule has 2 aliphatic rings. The van der Waals surface area contributed by atoms with Crippen LogP contribution in [0.15, 0.2) is 12.2 Å². The number of esters is 1.